The number of anilines is 3. The van der Waals surface area contributed by atoms with Gasteiger partial charge in [0.05, 0.1) is 16.7 Å². The van der Waals surface area contributed by atoms with Gasteiger partial charge in [-0.3, -0.25) is 0 Å². The van der Waals surface area contributed by atoms with Crippen LogP contribution in [0.15, 0.2) is 164 Å². The van der Waals surface area contributed by atoms with Crippen LogP contribution in [0.2, 0.25) is 0 Å². The molecule has 0 amide bonds. The quantitative estimate of drug-likeness (QED) is 0.174. The number of aryl methyl sites for hydroxylation is 3. The molecule has 10 rings (SSSR count). The van der Waals surface area contributed by atoms with Crippen molar-refractivity contribution in [2.45, 2.75) is 40.0 Å². The number of rotatable bonds is 5. The summed E-state index contributed by atoms with van der Waals surface area (Å²) in [6, 6.07) is 60.8. The van der Waals surface area contributed by atoms with Crippen LogP contribution >= 0.6 is 0 Å². The normalized spacial score (nSPS) is 13.1. The lowest BCUT2D eigenvalue weighted by molar-refractivity contribution is 0.660. The summed E-state index contributed by atoms with van der Waals surface area (Å²) in [6.07, 6.45) is 0. The third-order valence-corrected chi connectivity index (χ3v) is 11.8. The molecule has 0 fully saturated rings. The summed E-state index contributed by atoms with van der Waals surface area (Å²) in [5.41, 5.74) is 18.6. The zero-order valence-electron chi connectivity index (χ0n) is 31.5. The van der Waals surface area contributed by atoms with Gasteiger partial charge in [-0.1, -0.05) is 128 Å². The Morgan fingerprint density at radius 1 is 0.463 bits per heavy atom. The van der Waals surface area contributed by atoms with E-state index < -0.39 is 0 Å². The monoisotopic (exact) mass is 694 g/mol. The van der Waals surface area contributed by atoms with Gasteiger partial charge in [0.1, 0.15) is 0 Å². The average Bonchev–Trinajstić information content (AvgIpc) is 3.63. The van der Waals surface area contributed by atoms with Gasteiger partial charge >= 0.3 is 0 Å². The molecule has 1 aliphatic rings. The third kappa shape index (κ3) is 4.87. The lowest BCUT2D eigenvalue weighted by atomic mass is 9.81. The summed E-state index contributed by atoms with van der Waals surface area (Å²) in [7, 11) is 0. The Morgan fingerprint density at radius 2 is 1.11 bits per heavy atom. The highest BCUT2D eigenvalue weighted by Crippen LogP contribution is 2.54. The molecule has 260 valence electrons. The summed E-state index contributed by atoms with van der Waals surface area (Å²) in [4.78, 5) is 2.42. The van der Waals surface area contributed by atoms with E-state index in [-0.39, 0.29) is 5.41 Å². The molecule has 2 nitrogen and oxygen atoms in total. The molecule has 1 heterocycles. The van der Waals surface area contributed by atoms with Gasteiger partial charge in [-0.25, -0.2) is 0 Å². The van der Waals surface area contributed by atoms with Crippen molar-refractivity contribution in [3.63, 3.8) is 0 Å². The second-order valence-corrected chi connectivity index (χ2v) is 15.6. The van der Waals surface area contributed by atoms with Crippen LogP contribution in [0.5, 0.6) is 0 Å². The van der Waals surface area contributed by atoms with Gasteiger partial charge < -0.3 is 9.47 Å². The third-order valence-electron chi connectivity index (χ3n) is 11.8. The maximum atomic E-state index is 2.52. The van der Waals surface area contributed by atoms with Crippen molar-refractivity contribution in [3.8, 4) is 27.9 Å². The van der Waals surface area contributed by atoms with Crippen molar-refractivity contribution < 1.29 is 0 Å². The van der Waals surface area contributed by atoms with E-state index in [1.807, 2.05) is 0 Å². The summed E-state index contributed by atoms with van der Waals surface area (Å²) in [6.45, 7) is 11.4. The topological polar surface area (TPSA) is 8.17 Å². The van der Waals surface area contributed by atoms with Crippen molar-refractivity contribution in [3.05, 3.63) is 192 Å². The number of para-hydroxylation sites is 1. The molecule has 2 heteroatoms. The highest BCUT2D eigenvalue weighted by atomic mass is 15.1. The van der Waals surface area contributed by atoms with Gasteiger partial charge in [0, 0.05) is 38.6 Å². The lowest BCUT2D eigenvalue weighted by Crippen LogP contribution is -2.17. The van der Waals surface area contributed by atoms with E-state index in [0.29, 0.717) is 0 Å². The first-order valence-electron chi connectivity index (χ1n) is 19.0. The predicted molar refractivity (Wildman–Crippen MR) is 230 cm³/mol. The number of fused-ring (bicyclic) bond motifs is 8. The van der Waals surface area contributed by atoms with Gasteiger partial charge in [0.25, 0.3) is 0 Å². The Morgan fingerprint density at radius 3 is 1.87 bits per heavy atom. The van der Waals surface area contributed by atoms with Crippen LogP contribution in [0.4, 0.5) is 17.1 Å². The number of hydrogen-bond donors (Lipinski definition) is 0. The standard InChI is InChI=1S/C52H42N2/c1-33-20-25-47(35(3)28-33)53(38-16-10-7-11-17-38)39-23-24-42-45(31-39)52(4,5)46-32-50(40-18-12-13-19-41(40)51(42)46)54-48-26-21-34(2)29-43(48)44-30-37(22-27-49(44)54)36-14-8-6-9-15-36/h6-32H,1-5H3. The molecule has 8 aromatic carbocycles. The molecule has 0 bridgehead atoms. The minimum atomic E-state index is -0.236. The van der Waals surface area contributed by atoms with E-state index in [0.717, 1.165) is 5.69 Å². The predicted octanol–water partition coefficient (Wildman–Crippen LogP) is 14.3. The number of aromatic nitrogens is 1. The molecule has 0 saturated heterocycles. The largest absolute Gasteiger partial charge is 0.310 e. The smallest absolute Gasteiger partial charge is 0.0544 e. The fraction of sp³-hybridized carbons (Fsp3) is 0.115. The molecule has 0 atom stereocenters. The van der Waals surface area contributed by atoms with Gasteiger partial charge in [0.15, 0.2) is 0 Å². The number of hydrogen-bond acceptors (Lipinski definition) is 1. The molecule has 0 radical (unpaired) electrons. The molecule has 0 N–H and O–H groups in total. The summed E-state index contributed by atoms with van der Waals surface area (Å²) in [5, 5.41) is 5.12. The van der Waals surface area contributed by atoms with Crippen molar-refractivity contribution in [1.29, 1.82) is 0 Å². The van der Waals surface area contributed by atoms with E-state index in [4.69, 9.17) is 0 Å². The van der Waals surface area contributed by atoms with Crippen LogP contribution < -0.4 is 4.90 Å². The molecule has 54 heavy (non-hydrogen) atoms. The van der Waals surface area contributed by atoms with Crippen LogP contribution in [0.25, 0.3) is 60.5 Å². The number of benzene rings is 8. The summed E-state index contributed by atoms with van der Waals surface area (Å²) >= 11 is 0. The van der Waals surface area contributed by atoms with Crippen LogP contribution in [0.1, 0.15) is 41.7 Å². The fourth-order valence-corrected chi connectivity index (χ4v) is 9.14. The van der Waals surface area contributed by atoms with E-state index in [1.54, 1.807) is 0 Å². The molecule has 1 aliphatic carbocycles. The highest BCUT2D eigenvalue weighted by molar-refractivity contribution is 6.13. The van der Waals surface area contributed by atoms with E-state index in [2.05, 4.69) is 208 Å². The van der Waals surface area contributed by atoms with Crippen molar-refractivity contribution in [2.75, 3.05) is 4.90 Å². The first-order valence-corrected chi connectivity index (χ1v) is 19.0. The Hall–Kier alpha value is -6.38. The van der Waals surface area contributed by atoms with Crippen LogP contribution in [-0.4, -0.2) is 4.57 Å². The Labute approximate surface area is 317 Å². The van der Waals surface area contributed by atoms with Crippen LogP contribution in [-0.2, 0) is 5.41 Å². The first kappa shape index (κ1) is 32.3. The Bertz CT molecular complexity index is 2930. The SMILES string of the molecule is Cc1ccc(N(c2ccccc2)c2ccc3c(c2)C(C)(C)c2cc(-n4c5ccc(C)cc5c5cc(-c6ccccc6)ccc54)c4ccccc4c2-3)c(C)c1. The van der Waals surface area contributed by atoms with Crippen LogP contribution in [0, 0.1) is 20.8 Å². The van der Waals surface area contributed by atoms with Gasteiger partial charge in [-0.2, -0.15) is 0 Å². The second-order valence-electron chi connectivity index (χ2n) is 15.6. The zero-order chi connectivity index (χ0) is 36.7. The maximum absolute atomic E-state index is 2.52. The molecule has 1 aromatic heterocycles. The first-order chi connectivity index (χ1) is 26.3. The Balaban J connectivity index is 1.20. The fourth-order valence-electron chi connectivity index (χ4n) is 9.14. The van der Waals surface area contributed by atoms with E-state index >= 15 is 0 Å². The van der Waals surface area contributed by atoms with Gasteiger partial charge in [-0.05, 0) is 126 Å². The molecule has 0 aliphatic heterocycles. The molecular weight excluding hydrogens is 653 g/mol. The molecule has 0 saturated carbocycles. The van der Waals surface area contributed by atoms with Crippen molar-refractivity contribution in [2.24, 2.45) is 0 Å². The molecule has 0 unspecified atom stereocenters. The van der Waals surface area contributed by atoms with E-state index in [1.165, 1.54) is 99.7 Å². The second kappa shape index (κ2) is 12.1. The highest BCUT2D eigenvalue weighted by Gasteiger charge is 2.38. The molecule has 0 spiro atoms. The number of nitrogens with zero attached hydrogens (tertiary/aromatic N) is 2. The van der Waals surface area contributed by atoms with Crippen LogP contribution in [0.3, 0.4) is 0 Å². The maximum Gasteiger partial charge on any atom is 0.0544 e. The minimum absolute atomic E-state index is 0.236. The van der Waals surface area contributed by atoms with Crippen molar-refractivity contribution in [1.82, 2.24) is 4.57 Å². The Kier molecular flexibility index (Phi) is 7.22. The lowest BCUT2D eigenvalue weighted by Gasteiger charge is -2.29. The molecular formula is C52H42N2. The summed E-state index contributed by atoms with van der Waals surface area (Å²) < 4.78 is 2.52. The van der Waals surface area contributed by atoms with Gasteiger partial charge in [0.2, 0.25) is 0 Å². The van der Waals surface area contributed by atoms with E-state index in [9.17, 15) is 0 Å². The minimum Gasteiger partial charge on any atom is -0.310 e. The molecule has 9 aromatic rings. The summed E-state index contributed by atoms with van der Waals surface area (Å²) in [5.74, 6) is 0. The zero-order valence-corrected chi connectivity index (χ0v) is 31.5. The van der Waals surface area contributed by atoms with Gasteiger partial charge in [-0.15, -0.1) is 0 Å². The van der Waals surface area contributed by atoms with Crippen molar-refractivity contribution >= 4 is 49.6 Å². The average molecular weight is 695 g/mol.